The SMILES string of the molecule is O=P(O)(O)OP(=O)(O)O.O=S(=O)(O)c1ccc(P(c2ccccc2)c2ccc(S(=O)(=O)O)cc2)cc1. The molecule has 0 amide bonds. The van der Waals surface area contributed by atoms with E-state index in [0.717, 1.165) is 15.9 Å². The Bertz CT molecular complexity index is 1380. The van der Waals surface area contributed by atoms with E-state index >= 15 is 0 Å². The molecule has 0 bridgehead atoms. The lowest BCUT2D eigenvalue weighted by molar-refractivity contribution is 0.225. The van der Waals surface area contributed by atoms with Gasteiger partial charge in [0.1, 0.15) is 0 Å². The molecule has 18 heteroatoms. The summed E-state index contributed by atoms with van der Waals surface area (Å²) in [6, 6.07) is 21.3. The van der Waals surface area contributed by atoms with Crippen LogP contribution < -0.4 is 15.9 Å². The number of benzene rings is 3. The fraction of sp³-hybridized carbons (Fsp3) is 0. The molecule has 196 valence electrons. The molecule has 0 aromatic heterocycles. The molecule has 0 aliphatic heterocycles. The first-order valence-corrected chi connectivity index (χ1v) is 16.5. The Morgan fingerprint density at radius 2 is 0.861 bits per heavy atom. The van der Waals surface area contributed by atoms with Crippen molar-refractivity contribution in [3.63, 3.8) is 0 Å². The van der Waals surface area contributed by atoms with E-state index in [1.807, 2.05) is 30.3 Å². The molecule has 3 aromatic rings. The van der Waals surface area contributed by atoms with E-state index in [9.17, 15) is 26.0 Å². The maximum absolute atomic E-state index is 11.3. The molecule has 0 fully saturated rings. The van der Waals surface area contributed by atoms with Crippen molar-refractivity contribution in [3.8, 4) is 0 Å². The molecular weight excluding hydrogens is 581 g/mol. The second-order valence-electron chi connectivity index (χ2n) is 6.67. The predicted molar refractivity (Wildman–Crippen MR) is 130 cm³/mol. The largest absolute Gasteiger partial charge is 0.478 e. The highest BCUT2D eigenvalue weighted by Crippen LogP contribution is 2.53. The van der Waals surface area contributed by atoms with Crippen molar-refractivity contribution in [2.24, 2.45) is 0 Å². The van der Waals surface area contributed by atoms with Gasteiger partial charge in [0.2, 0.25) is 0 Å². The third-order valence-electron chi connectivity index (χ3n) is 4.01. The summed E-state index contributed by atoms with van der Waals surface area (Å²) >= 11 is 0. The van der Waals surface area contributed by atoms with Gasteiger partial charge in [0.25, 0.3) is 20.2 Å². The fourth-order valence-corrected chi connectivity index (χ4v) is 7.02. The van der Waals surface area contributed by atoms with E-state index in [2.05, 4.69) is 4.31 Å². The zero-order valence-electron chi connectivity index (χ0n) is 17.7. The van der Waals surface area contributed by atoms with Crippen LogP contribution in [0.25, 0.3) is 0 Å². The topological polar surface area (TPSA) is 233 Å². The normalized spacial score (nSPS) is 12.6. The summed E-state index contributed by atoms with van der Waals surface area (Å²) < 4.78 is 85.6. The first kappa shape index (κ1) is 30.4. The van der Waals surface area contributed by atoms with Crippen molar-refractivity contribution in [3.05, 3.63) is 78.9 Å². The molecule has 0 spiro atoms. The summed E-state index contributed by atoms with van der Waals surface area (Å²) in [7, 11) is -19.8. The molecular formula is C18H19O13P3S2. The molecule has 0 radical (unpaired) electrons. The quantitative estimate of drug-likeness (QED) is 0.165. The van der Waals surface area contributed by atoms with Gasteiger partial charge in [-0.2, -0.15) is 21.1 Å². The van der Waals surface area contributed by atoms with Crippen molar-refractivity contribution in [1.29, 1.82) is 0 Å². The molecule has 0 saturated carbocycles. The van der Waals surface area contributed by atoms with Crippen LogP contribution >= 0.6 is 23.6 Å². The van der Waals surface area contributed by atoms with Crippen LogP contribution in [0.5, 0.6) is 0 Å². The molecule has 0 unspecified atom stereocenters. The van der Waals surface area contributed by atoms with Crippen LogP contribution in [0.3, 0.4) is 0 Å². The minimum absolute atomic E-state index is 0.198. The van der Waals surface area contributed by atoms with Crippen LogP contribution in [0.1, 0.15) is 0 Å². The van der Waals surface area contributed by atoms with Crippen LogP contribution in [0, 0.1) is 0 Å². The molecule has 3 rings (SSSR count). The van der Waals surface area contributed by atoms with Crippen LogP contribution in [0.4, 0.5) is 0 Å². The molecule has 36 heavy (non-hydrogen) atoms. The van der Waals surface area contributed by atoms with Gasteiger partial charge in [-0.1, -0.05) is 54.6 Å². The molecule has 0 heterocycles. The molecule has 3 aromatic carbocycles. The second kappa shape index (κ2) is 11.7. The van der Waals surface area contributed by atoms with Gasteiger partial charge < -0.3 is 19.6 Å². The van der Waals surface area contributed by atoms with Gasteiger partial charge in [-0.25, -0.2) is 9.13 Å². The lowest BCUT2D eigenvalue weighted by Crippen LogP contribution is -2.21. The van der Waals surface area contributed by atoms with Crippen molar-refractivity contribution in [2.75, 3.05) is 0 Å². The zero-order valence-corrected chi connectivity index (χ0v) is 22.0. The number of hydrogen-bond donors (Lipinski definition) is 6. The number of phosphoric acid groups is 2. The minimum Gasteiger partial charge on any atom is -0.302 e. The highest BCUT2D eigenvalue weighted by Gasteiger charge is 2.28. The Kier molecular flexibility index (Phi) is 9.88. The van der Waals surface area contributed by atoms with Gasteiger partial charge in [0.05, 0.1) is 9.79 Å². The summed E-state index contributed by atoms with van der Waals surface area (Å²) in [5, 5.41) is 2.62. The van der Waals surface area contributed by atoms with Gasteiger partial charge in [0.15, 0.2) is 0 Å². The van der Waals surface area contributed by atoms with Gasteiger partial charge in [-0.15, -0.1) is 0 Å². The molecule has 0 atom stereocenters. The average Bonchev–Trinajstić information content (AvgIpc) is 2.72. The molecule has 13 nitrogen and oxygen atoms in total. The predicted octanol–water partition coefficient (Wildman–Crippen LogP) is 1.13. The standard InChI is InChI=1S/C18H15O6PS2.H4O7P2/c19-26(20,21)17-10-6-15(7-11-17)25(14-4-2-1-3-5-14)16-8-12-18(13-9-16)27(22,23)24;1-8(2,3)7-9(4,5)6/h1-13H,(H,19,20,21)(H,22,23,24);(H2,1,2,3)(H2,4,5,6). The summed E-state index contributed by atoms with van der Waals surface area (Å²) in [6.45, 7) is 0. The first-order chi connectivity index (χ1) is 16.4. The molecule has 0 aliphatic carbocycles. The Morgan fingerprint density at radius 1 is 0.556 bits per heavy atom. The van der Waals surface area contributed by atoms with E-state index in [1.165, 1.54) is 24.3 Å². The highest BCUT2D eigenvalue weighted by molar-refractivity contribution is 7.86. The van der Waals surface area contributed by atoms with E-state index < -0.39 is 43.8 Å². The average molecular weight is 600 g/mol. The Hall–Kier alpha value is -1.83. The van der Waals surface area contributed by atoms with Crippen molar-refractivity contribution in [1.82, 2.24) is 0 Å². The van der Waals surface area contributed by atoms with E-state index in [-0.39, 0.29) is 9.79 Å². The Balaban J connectivity index is 0.000000434. The monoisotopic (exact) mass is 600 g/mol. The second-order valence-corrected chi connectivity index (χ2v) is 14.4. The zero-order chi connectivity index (χ0) is 27.4. The maximum Gasteiger partial charge on any atom is 0.478 e. The molecule has 0 saturated heterocycles. The molecule has 6 N–H and O–H groups in total. The van der Waals surface area contributed by atoms with E-state index in [1.54, 1.807) is 24.3 Å². The van der Waals surface area contributed by atoms with Crippen LogP contribution in [-0.2, 0) is 33.7 Å². The van der Waals surface area contributed by atoms with Crippen molar-refractivity contribution in [2.45, 2.75) is 9.79 Å². The van der Waals surface area contributed by atoms with Gasteiger partial charge in [-0.3, -0.25) is 9.11 Å². The van der Waals surface area contributed by atoms with Crippen LogP contribution in [0.15, 0.2) is 88.7 Å². The van der Waals surface area contributed by atoms with Crippen LogP contribution in [-0.4, -0.2) is 45.5 Å². The lowest BCUT2D eigenvalue weighted by Gasteiger charge is -2.19. The Labute approximate surface area is 207 Å². The van der Waals surface area contributed by atoms with Crippen LogP contribution in [0.2, 0.25) is 0 Å². The minimum atomic E-state index is -5.05. The number of rotatable bonds is 7. The third kappa shape index (κ3) is 9.91. The summed E-state index contributed by atoms with van der Waals surface area (Å²) in [4.78, 5) is 30.6. The van der Waals surface area contributed by atoms with Gasteiger partial charge in [-0.05, 0) is 48.1 Å². The summed E-state index contributed by atoms with van der Waals surface area (Å²) in [5.74, 6) is 0. The third-order valence-corrected chi connectivity index (χ3v) is 9.89. The number of hydrogen-bond acceptors (Lipinski definition) is 7. The van der Waals surface area contributed by atoms with E-state index in [0.29, 0.717) is 0 Å². The first-order valence-electron chi connectivity index (χ1n) is 9.19. The molecule has 0 aliphatic rings. The Morgan fingerprint density at radius 3 is 1.11 bits per heavy atom. The lowest BCUT2D eigenvalue weighted by atomic mass is 10.3. The fourth-order valence-electron chi connectivity index (χ4n) is 2.70. The smallest absolute Gasteiger partial charge is 0.302 e. The van der Waals surface area contributed by atoms with E-state index in [4.69, 9.17) is 28.7 Å². The highest BCUT2D eigenvalue weighted by atomic mass is 32.2. The van der Waals surface area contributed by atoms with Crippen molar-refractivity contribution < 1.29 is 59.0 Å². The van der Waals surface area contributed by atoms with Gasteiger partial charge in [0, 0.05) is 0 Å². The maximum atomic E-state index is 11.3. The van der Waals surface area contributed by atoms with Gasteiger partial charge >= 0.3 is 15.6 Å². The summed E-state index contributed by atoms with van der Waals surface area (Å²) in [5.41, 5.74) is 0. The van der Waals surface area contributed by atoms with Crippen molar-refractivity contribution >= 4 is 59.7 Å². The summed E-state index contributed by atoms with van der Waals surface area (Å²) in [6.07, 6.45) is 0.